The molecule has 9 heteroatoms. The van der Waals surface area contributed by atoms with Gasteiger partial charge in [-0.15, -0.1) is 0 Å². The molecule has 0 aliphatic carbocycles. The van der Waals surface area contributed by atoms with Crippen molar-refractivity contribution in [2.45, 2.75) is 18.7 Å². The van der Waals surface area contributed by atoms with Crippen LogP contribution >= 0.6 is 0 Å². The average molecular weight is 472 g/mol. The minimum absolute atomic E-state index is 0.138. The van der Waals surface area contributed by atoms with E-state index in [1.54, 1.807) is 36.4 Å². The molecule has 2 N–H and O–H groups in total. The van der Waals surface area contributed by atoms with E-state index in [4.69, 9.17) is 9.47 Å². The lowest BCUT2D eigenvalue weighted by atomic mass is 10.2. The van der Waals surface area contributed by atoms with Gasteiger partial charge in [0.25, 0.3) is 10.1 Å². The Morgan fingerprint density at radius 3 is 1.70 bits per heavy atom. The summed E-state index contributed by atoms with van der Waals surface area (Å²) in [5.74, 6) is -2.05. The van der Waals surface area contributed by atoms with E-state index in [0.29, 0.717) is 0 Å². The summed E-state index contributed by atoms with van der Waals surface area (Å²) >= 11 is 0. The van der Waals surface area contributed by atoms with Gasteiger partial charge in [0.1, 0.15) is 10.6 Å². The molecule has 3 aromatic rings. The van der Waals surface area contributed by atoms with Crippen LogP contribution in [0.25, 0.3) is 0 Å². The molecule has 33 heavy (non-hydrogen) atoms. The molecule has 0 fully saturated rings. The lowest BCUT2D eigenvalue weighted by Gasteiger charge is -2.10. The van der Waals surface area contributed by atoms with Gasteiger partial charge in [-0.05, 0) is 49.5 Å². The van der Waals surface area contributed by atoms with Crippen molar-refractivity contribution >= 4 is 22.1 Å². The molecule has 8 nitrogen and oxygen atoms in total. The van der Waals surface area contributed by atoms with Crippen LogP contribution in [0.4, 0.5) is 0 Å². The number of nitrogens with one attached hydrogen (secondary N) is 1. The number of carbonyl (C=O) groups excluding carboxylic acids is 2. The Labute approximate surface area is 192 Å². The van der Waals surface area contributed by atoms with Gasteiger partial charge in [0.05, 0.1) is 11.1 Å². The minimum Gasteiger partial charge on any atom is -0.423 e. The van der Waals surface area contributed by atoms with Crippen LogP contribution in [0, 0.1) is 0 Å². The van der Waals surface area contributed by atoms with E-state index in [1.807, 2.05) is 0 Å². The Morgan fingerprint density at radius 2 is 1.27 bits per heavy atom. The third kappa shape index (κ3) is 8.15. The van der Waals surface area contributed by atoms with Gasteiger partial charge >= 0.3 is 11.9 Å². The normalized spacial score (nSPS) is 10.5. The Kier molecular flexibility index (Phi) is 9.74. The highest BCUT2D eigenvalue weighted by atomic mass is 32.2. The lowest BCUT2D eigenvalue weighted by molar-refractivity contribution is 0.0715. The fourth-order valence-corrected chi connectivity index (χ4v) is 3.19. The Balaban J connectivity index is 0.000000696. The number of rotatable bonds is 7. The first-order valence-corrected chi connectivity index (χ1v) is 11.6. The molecule has 0 saturated heterocycles. The van der Waals surface area contributed by atoms with E-state index < -0.39 is 32.7 Å². The Hall–Kier alpha value is -3.53. The molecule has 3 rings (SSSR count). The van der Waals surface area contributed by atoms with E-state index in [9.17, 15) is 22.6 Å². The Morgan fingerprint density at radius 1 is 0.788 bits per heavy atom. The van der Waals surface area contributed by atoms with E-state index in [-0.39, 0.29) is 16.9 Å². The molecule has 0 bridgehead atoms. The van der Waals surface area contributed by atoms with Gasteiger partial charge in [0.15, 0.2) is 5.75 Å². The molecule has 0 aromatic heterocycles. The number of hydrogen-bond acceptors (Lipinski definition) is 7. The maximum Gasteiger partial charge on any atom is 0.343 e. The first-order valence-electron chi connectivity index (χ1n) is 10.1. The molecular weight excluding hydrogens is 446 g/mol. The predicted molar refractivity (Wildman–Crippen MR) is 123 cm³/mol. The van der Waals surface area contributed by atoms with Gasteiger partial charge < -0.3 is 14.8 Å². The van der Waals surface area contributed by atoms with E-state index in [2.05, 4.69) is 19.2 Å². The number of hydrogen-bond donors (Lipinski definition) is 2. The van der Waals surface area contributed by atoms with Crippen molar-refractivity contribution in [1.82, 2.24) is 5.32 Å². The summed E-state index contributed by atoms with van der Waals surface area (Å²) in [6, 6.07) is 19.3. The molecule has 174 valence electrons. The monoisotopic (exact) mass is 471 g/mol. The second-order valence-electron chi connectivity index (χ2n) is 6.55. The van der Waals surface area contributed by atoms with Gasteiger partial charge in [-0.25, -0.2) is 9.59 Å². The zero-order chi connectivity index (χ0) is 24.3. The smallest absolute Gasteiger partial charge is 0.343 e. The van der Waals surface area contributed by atoms with E-state index in [1.165, 1.54) is 30.3 Å². The quantitative estimate of drug-likeness (QED) is 0.302. The number of carbonyl (C=O) groups is 2. The molecule has 0 spiro atoms. The highest BCUT2D eigenvalue weighted by molar-refractivity contribution is 7.86. The predicted octanol–water partition coefficient (Wildman–Crippen LogP) is 3.99. The maximum atomic E-state index is 12.2. The summed E-state index contributed by atoms with van der Waals surface area (Å²) in [7, 11) is -4.75. The second kappa shape index (κ2) is 12.5. The van der Waals surface area contributed by atoms with Crippen molar-refractivity contribution in [2.75, 3.05) is 13.1 Å². The van der Waals surface area contributed by atoms with Crippen LogP contribution in [0.2, 0.25) is 0 Å². The van der Waals surface area contributed by atoms with Crippen LogP contribution in [0.1, 0.15) is 34.6 Å². The topological polar surface area (TPSA) is 119 Å². The van der Waals surface area contributed by atoms with Crippen LogP contribution in [0.15, 0.2) is 83.8 Å². The molecule has 0 aliphatic heterocycles. The van der Waals surface area contributed by atoms with Crippen molar-refractivity contribution in [2.24, 2.45) is 0 Å². The van der Waals surface area contributed by atoms with Crippen LogP contribution < -0.4 is 14.8 Å². The van der Waals surface area contributed by atoms with Crippen LogP contribution in [0.5, 0.6) is 11.5 Å². The zero-order valence-corrected chi connectivity index (χ0v) is 19.0. The largest absolute Gasteiger partial charge is 0.423 e. The molecule has 3 aromatic carbocycles. The van der Waals surface area contributed by atoms with Crippen molar-refractivity contribution in [1.29, 1.82) is 0 Å². The summed E-state index contributed by atoms with van der Waals surface area (Å²) in [4.78, 5) is 23.6. The summed E-state index contributed by atoms with van der Waals surface area (Å²) in [5, 5.41) is 3.11. The molecular formula is C24H25NO7S. The van der Waals surface area contributed by atoms with Gasteiger partial charge in [-0.2, -0.15) is 8.42 Å². The summed E-state index contributed by atoms with van der Waals surface area (Å²) in [6.45, 7) is 6.39. The number of esters is 2. The van der Waals surface area contributed by atoms with Gasteiger partial charge in [0.2, 0.25) is 0 Å². The number of benzene rings is 3. The van der Waals surface area contributed by atoms with Crippen LogP contribution in [-0.4, -0.2) is 38.0 Å². The number of ether oxygens (including phenoxy) is 2. The third-order valence-electron chi connectivity index (χ3n) is 4.13. The third-order valence-corrected chi connectivity index (χ3v) is 5.00. The van der Waals surface area contributed by atoms with E-state index >= 15 is 0 Å². The highest BCUT2D eigenvalue weighted by Gasteiger charge is 2.22. The van der Waals surface area contributed by atoms with Gasteiger partial charge in [-0.1, -0.05) is 50.2 Å². The molecule has 0 amide bonds. The SMILES string of the molecule is CCNCC.O=C(Oc1ccc(OC(=O)c2ccccc2)c(S(=O)(=O)O)c1)c1ccccc1. The minimum atomic E-state index is -4.75. The second-order valence-corrected chi connectivity index (χ2v) is 7.94. The maximum absolute atomic E-state index is 12.2. The average Bonchev–Trinajstić information content (AvgIpc) is 2.81. The zero-order valence-electron chi connectivity index (χ0n) is 18.2. The fraction of sp³-hybridized carbons (Fsp3) is 0.167. The molecule has 0 atom stereocenters. The molecule has 0 unspecified atom stereocenters. The summed E-state index contributed by atoms with van der Waals surface area (Å²) in [6.07, 6.45) is 0. The van der Waals surface area contributed by atoms with Crippen molar-refractivity contribution < 1.29 is 32.0 Å². The van der Waals surface area contributed by atoms with E-state index in [0.717, 1.165) is 25.2 Å². The van der Waals surface area contributed by atoms with Crippen molar-refractivity contribution in [3.05, 3.63) is 90.0 Å². The van der Waals surface area contributed by atoms with Crippen molar-refractivity contribution in [3.63, 3.8) is 0 Å². The van der Waals surface area contributed by atoms with Crippen molar-refractivity contribution in [3.8, 4) is 11.5 Å². The first-order chi connectivity index (χ1) is 15.8. The fourth-order valence-electron chi connectivity index (χ4n) is 2.56. The first kappa shape index (κ1) is 25.7. The highest BCUT2D eigenvalue weighted by Crippen LogP contribution is 2.29. The van der Waals surface area contributed by atoms with Crippen LogP contribution in [0.3, 0.4) is 0 Å². The lowest BCUT2D eigenvalue weighted by Crippen LogP contribution is -2.12. The standard InChI is InChI=1S/C20H14O7S.C4H11N/c21-19(14-7-3-1-4-8-14)26-16-11-12-17(18(13-16)28(23,24)25)27-20(22)15-9-5-2-6-10-15;1-3-5-4-2/h1-13H,(H,23,24,25);5H,3-4H2,1-2H3. The van der Waals surface area contributed by atoms with Gasteiger partial charge in [0, 0.05) is 6.07 Å². The van der Waals surface area contributed by atoms with Crippen LogP contribution in [-0.2, 0) is 10.1 Å². The molecule has 0 heterocycles. The summed E-state index contributed by atoms with van der Waals surface area (Å²) < 4.78 is 43.1. The van der Waals surface area contributed by atoms with Gasteiger partial charge in [-0.3, -0.25) is 4.55 Å². The summed E-state index contributed by atoms with van der Waals surface area (Å²) in [5.41, 5.74) is 0.457. The molecule has 0 radical (unpaired) electrons. The molecule has 0 aliphatic rings. The molecule has 0 saturated carbocycles. The Bertz CT molecular complexity index is 1160.